The Hall–Kier alpha value is -0.800. The number of ether oxygens (including phenoxy) is 2. The number of aliphatic hydroxyl groups excluding tert-OH is 2. The molecule has 9 nitrogen and oxygen atoms in total. The highest BCUT2D eigenvalue weighted by Crippen LogP contribution is 2.43. The summed E-state index contributed by atoms with van der Waals surface area (Å²) in [5.74, 6) is -0.393. The third kappa shape index (κ3) is 31.2. The minimum atomic E-state index is -4.50. The van der Waals surface area contributed by atoms with Crippen LogP contribution in [0.15, 0.2) is 12.2 Å². The second-order valence-corrected chi connectivity index (χ2v) is 13.3. The van der Waals surface area contributed by atoms with E-state index in [4.69, 9.17) is 23.6 Å². The van der Waals surface area contributed by atoms with Crippen LogP contribution in [0.5, 0.6) is 0 Å². The lowest BCUT2D eigenvalue weighted by molar-refractivity contribution is -0.154. The first-order valence-corrected chi connectivity index (χ1v) is 19.2. The van der Waals surface area contributed by atoms with E-state index in [1.807, 2.05) is 0 Å². The molecule has 3 atom stereocenters. The first-order chi connectivity index (χ1) is 21.3. The van der Waals surface area contributed by atoms with Gasteiger partial charge in [-0.3, -0.25) is 13.8 Å². The van der Waals surface area contributed by atoms with Gasteiger partial charge in [0.1, 0.15) is 12.2 Å². The van der Waals surface area contributed by atoms with Gasteiger partial charge in [0.05, 0.1) is 26.4 Å². The summed E-state index contributed by atoms with van der Waals surface area (Å²) in [4.78, 5) is 22.3. The number of aliphatic hydroxyl groups is 2. The lowest BCUT2D eigenvalue weighted by atomic mass is 10.0. The Labute approximate surface area is 269 Å². The molecule has 0 heterocycles. The maximum atomic E-state index is 12.5. The minimum absolute atomic E-state index is 0.0504. The van der Waals surface area contributed by atoms with Crippen LogP contribution < -0.4 is 0 Å². The van der Waals surface area contributed by atoms with Crippen molar-refractivity contribution in [1.29, 1.82) is 0 Å². The number of carbonyl (C=O) groups is 1. The molecule has 0 amide bonds. The van der Waals surface area contributed by atoms with Crippen LogP contribution in [0.2, 0.25) is 0 Å². The van der Waals surface area contributed by atoms with Crippen molar-refractivity contribution in [2.24, 2.45) is 0 Å². The average Bonchev–Trinajstić information content (AvgIpc) is 3.01. The number of hydrogen-bond donors (Lipinski definition) is 3. The molecule has 0 spiro atoms. The van der Waals surface area contributed by atoms with Gasteiger partial charge in [-0.15, -0.1) is 0 Å². The molecule has 0 saturated carbocycles. The number of rotatable bonds is 34. The number of hydrogen-bond acceptors (Lipinski definition) is 8. The Bertz CT molecular complexity index is 704. The topological polar surface area (TPSA) is 132 Å². The van der Waals surface area contributed by atoms with E-state index in [1.165, 1.54) is 77.0 Å². The van der Waals surface area contributed by atoms with Gasteiger partial charge >= 0.3 is 13.8 Å². The lowest BCUT2D eigenvalue weighted by Crippen LogP contribution is -2.29. The summed E-state index contributed by atoms with van der Waals surface area (Å²) in [6.45, 7) is 3.44. The van der Waals surface area contributed by atoms with Gasteiger partial charge in [-0.05, 0) is 32.1 Å². The third-order valence-electron chi connectivity index (χ3n) is 7.43. The molecule has 0 bridgehead atoms. The van der Waals surface area contributed by atoms with Crippen molar-refractivity contribution in [3.8, 4) is 0 Å². The van der Waals surface area contributed by atoms with Crippen LogP contribution in [0.4, 0.5) is 0 Å². The first kappa shape index (κ1) is 43.2. The molecule has 0 aliphatic rings. The summed E-state index contributed by atoms with van der Waals surface area (Å²) in [7, 11) is -4.50. The van der Waals surface area contributed by atoms with E-state index in [9.17, 15) is 19.4 Å². The van der Waals surface area contributed by atoms with Gasteiger partial charge in [0.2, 0.25) is 0 Å². The number of phosphoric ester groups is 1. The molecule has 262 valence electrons. The zero-order chi connectivity index (χ0) is 32.6. The fourth-order valence-corrected chi connectivity index (χ4v) is 5.50. The van der Waals surface area contributed by atoms with Gasteiger partial charge in [-0.1, -0.05) is 129 Å². The highest BCUT2D eigenvalue weighted by Gasteiger charge is 2.26. The fourth-order valence-electron chi connectivity index (χ4n) is 4.71. The van der Waals surface area contributed by atoms with Crippen molar-refractivity contribution in [3.05, 3.63) is 12.2 Å². The molecule has 3 N–H and O–H groups in total. The summed E-state index contributed by atoms with van der Waals surface area (Å²) in [5.41, 5.74) is 0. The number of esters is 1. The van der Waals surface area contributed by atoms with Crippen molar-refractivity contribution in [3.63, 3.8) is 0 Å². The highest BCUT2D eigenvalue weighted by molar-refractivity contribution is 7.47. The van der Waals surface area contributed by atoms with Crippen LogP contribution in [-0.4, -0.2) is 66.3 Å². The van der Waals surface area contributed by atoms with E-state index >= 15 is 0 Å². The Morgan fingerprint density at radius 3 is 1.80 bits per heavy atom. The van der Waals surface area contributed by atoms with Crippen LogP contribution in [-0.2, 0) is 27.9 Å². The molecule has 0 aromatic carbocycles. The van der Waals surface area contributed by atoms with E-state index in [-0.39, 0.29) is 19.6 Å². The van der Waals surface area contributed by atoms with Crippen molar-refractivity contribution in [2.75, 3.05) is 33.0 Å². The fraction of sp³-hybridized carbons (Fsp3) is 0.912. The van der Waals surface area contributed by atoms with E-state index in [0.29, 0.717) is 6.61 Å². The molecular formula is C34H67O9P. The second kappa shape index (κ2) is 32.2. The van der Waals surface area contributed by atoms with E-state index in [0.717, 1.165) is 57.8 Å². The van der Waals surface area contributed by atoms with Crippen LogP contribution in [0.1, 0.15) is 155 Å². The predicted molar refractivity (Wildman–Crippen MR) is 178 cm³/mol. The number of unbranched alkanes of at least 4 members (excludes halogenated alkanes) is 18. The van der Waals surface area contributed by atoms with Crippen LogP contribution in [0.25, 0.3) is 0 Å². The number of phosphoric acid groups is 1. The second-order valence-electron chi connectivity index (χ2n) is 11.9. The maximum absolute atomic E-state index is 12.5. The van der Waals surface area contributed by atoms with Crippen LogP contribution in [0.3, 0.4) is 0 Å². The first-order valence-electron chi connectivity index (χ1n) is 17.7. The highest BCUT2D eigenvalue weighted by atomic mass is 31.2. The third-order valence-corrected chi connectivity index (χ3v) is 8.38. The summed E-state index contributed by atoms with van der Waals surface area (Å²) in [6, 6.07) is 0. The molecule has 0 fully saturated rings. The number of carbonyl (C=O) groups excluding carboxylic acids is 1. The molecule has 0 aromatic heterocycles. The molecule has 0 rings (SSSR count). The van der Waals surface area contributed by atoms with E-state index < -0.39 is 39.2 Å². The van der Waals surface area contributed by atoms with Crippen molar-refractivity contribution in [2.45, 2.75) is 167 Å². The Kier molecular flexibility index (Phi) is 31.6. The molecular weight excluding hydrogens is 583 g/mol. The normalized spacial score (nSPS) is 14.6. The number of allylic oxidation sites excluding steroid dienone is 2. The van der Waals surface area contributed by atoms with Crippen molar-refractivity contribution in [1.82, 2.24) is 0 Å². The maximum Gasteiger partial charge on any atom is 0.472 e. The van der Waals surface area contributed by atoms with Gasteiger partial charge in [0.15, 0.2) is 0 Å². The van der Waals surface area contributed by atoms with Gasteiger partial charge < -0.3 is 24.6 Å². The molecule has 0 aliphatic heterocycles. The Morgan fingerprint density at radius 1 is 0.682 bits per heavy atom. The lowest BCUT2D eigenvalue weighted by Gasteiger charge is -2.20. The smallest absolute Gasteiger partial charge is 0.457 e. The zero-order valence-corrected chi connectivity index (χ0v) is 29.0. The van der Waals surface area contributed by atoms with Gasteiger partial charge in [-0.2, -0.15) is 0 Å². The summed E-state index contributed by atoms with van der Waals surface area (Å²) in [6.07, 6.45) is 27.4. The predicted octanol–water partition coefficient (Wildman–Crippen LogP) is 8.58. The van der Waals surface area contributed by atoms with Gasteiger partial charge in [0, 0.05) is 13.0 Å². The van der Waals surface area contributed by atoms with E-state index in [2.05, 4.69) is 26.0 Å². The van der Waals surface area contributed by atoms with E-state index in [1.54, 1.807) is 0 Å². The monoisotopic (exact) mass is 650 g/mol. The molecule has 0 radical (unpaired) electrons. The van der Waals surface area contributed by atoms with Crippen molar-refractivity contribution >= 4 is 13.8 Å². The Morgan fingerprint density at radius 2 is 1.20 bits per heavy atom. The average molecular weight is 651 g/mol. The molecule has 0 aliphatic carbocycles. The van der Waals surface area contributed by atoms with Crippen LogP contribution in [0, 0.1) is 0 Å². The molecule has 44 heavy (non-hydrogen) atoms. The quantitative estimate of drug-likeness (QED) is 0.0271. The minimum Gasteiger partial charge on any atom is -0.457 e. The zero-order valence-electron chi connectivity index (χ0n) is 28.1. The van der Waals surface area contributed by atoms with Gasteiger partial charge in [0.25, 0.3) is 0 Å². The largest absolute Gasteiger partial charge is 0.472 e. The van der Waals surface area contributed by atoms with Gasteiger partial charge in [-0.25, -0.2) is 4.57 Å². The standard InChI is InChI=1S/C34H67O9P/c1-3-5-7-9-11-13-15-16-17-19-21-23-25-27-40-30-33(31-42-44(38,39)41-29-32(36)28-35)43-34(37)26-24-22-20-18-14-12-10-8-6-4-2/h8,10,32-33,35-36H,3-7,9,11-31H2,1-2H3,(H,38,39)/b10-8-. The molecule has 10 heteroatoms. The SMILES string of the molecule is CCC/C=C\CCCCCCCC(=O)OC(COCCCCCCCCCCCCCCC)COP(=O)(O)OCC(O)CO. The van der Waals surface area contributed by atoms with Crippen LogP contribution >= 0.6 is 7.82 Å². The molecule has 0 aromatic rings. The summed E-state index contributed by atoms with van der Waals surface area (Å²) >= 11 is 0. The van der Waals surface area contributed by atoms with Crippen molar-refractivity contribution < 1.29 is 43.0 Å². The molecule has 3 unspecified atom stereocenters. The summed E-state index contributed by atoms with van der Waals surface area (Å²) < 4.78 is 33.1. The molecule has 0 saturated heterocycles. The summed E-state index contributed by atoms with van der Waals surface area (Å²) in [5, 5.41) is 18.2. The Balaban J connectivity index is 4.25.